The molecule has 0 aliphatic rings. The summed E-state index contributed by atoms with van der Waals surface area (Å²) in [6, 6.07) is 8.94. The molecular formula is C18H16N4O7S. The second-order valence-corrected chi connectivity index (χ2v) is 8.64. The lowest BCUT2D eigenvalue weighted by atomic mass is 10.1. The molecule has 0 spiro atoms. The number of benzene rings is 2. The Morgan fingerprint density at radius 1 is 1.00 bits per heavy atom. The minimum absolute atomic E-state index is 0.00678. The molecule has 1 N–H and O–H groups in total. The van der Waals surface area contributed by atoms with Gasteiger partial charge in [0.25, 0.3) is 16.9 Å². The molecule has 0 saturated carbocycles. The molecule has 0 unspecified atom stereocenters. The van der Waals surface area contributed by atoms with Gasteiger partial charge in [-0.05, 0) is 19.1 Å². The largest absolute Gasteiger partial charge is 0.295 e. The first-order valence-corrected chi connectivity index (χ1v) is 10.2. The van der Waals surface area contributed by atoms with Crippen molar-refractivity contribution in [1.29, 1.82) is 0 Å². The van der Waals surface area contributed by atoms with E-state index in [0.29, 0.717) is 0 Å². The van der Waals surface area contributed by atoms with Crippen LogP contribution in [-0.4, -0.2) is 28.0 Å². The van der Waals surface area contributed by atoms with E-state index in [9.17, 15) is 33.4 Å². The summed E-state index contributed by atoms with van der Waals surface area (Å²) in [7, 11) is -2.58. The molecule has 3 rings (SSSR count). The summed E-state index contributed by atoms with van der Waals surface area (Å²) in [5.41, 5.74) is -1.17. The van der Waals surface area contributed by atoms with Crippen molar-refractivity contribution in [2.24, 2.45) is 7.05 Å². The van der Waals surface area contributed by atoms with Crippen molar-refractivity contribution in [3.05, 3.63) is 84.2 Å². The maximum Gasteiger partial charge on any atom is 0.276 e. The molecule has 0 saturated heterocycles. The predicted molar refractivity (Wildman–Crippen MR) is 107 cm³/mol. The Labute approximate surface area is 169 Å². The van der Waals surface area contributed by atoms with Crippen LogP contribution in [0.3, 0.4) is 0 Å². The van der Waals surface area contributed by atoms with Gasteiger partial charge in [0.2, 0.25) is 0 Å². The van der Waals surface area contributed by atoms with E-state index in [1.165, 1.54) is 19.2 Å². The van der Waals surface area contributed by atoms with Gasteiger partial charge in [0.05, 0.1) is 37.8 Å². The second kappa shape index (κ2) is 7.55. The van der Waals surface area contributed by atoms with Gasteiger partial charge in [-0.3, -0.25) is 34.8 Å². The van der Waals surface area contributed by atoms with E-state index in [-0.39, 0.29) is 21.7 Å². The van der Waals surface area contributed by atoms with Crippen LogP contribution in [0.2, 0.25) is 0 Å². The van der Waals surface area contributed by atoms with Gasteiger partial charge in [0.1, 0.15) is 0 Å². The summed E-state index contributed by atoms with van der Waals surface area (Å²) in [6.45, 7) is 1.80. The van der Waals surface area contributed by atoms with Crippen molar-refractivity contribution < 1.29 is 18.3 Å². The quantitative estimate of drug-likeness (QED) is 0.463. The number of nitro benzene ring substituents is 2. The van der Waals surface area contributed by atoms with Gasteiger partial charge < -0.3 is 0 Å². The van der Waals surface area contributed by atoms with Crippen LogP contribution in [-0.2, 0) is 22.6 Å². The summed E-state index contributed by atoms with van der Waals surface area (Å²) in [5.74, 6) is -0.682. The van der Waals surface area contributed by atoms with Crippen LogP contribution in [0.5, 0.6) is 0 Å². The van der Waals surface area contributed by atoms with Crippen LogP contribution >= 0.6 is 0 Å². The van der Waals surface area contributed by atoms with Crippen LogP contribution < -0.4 is 5.56 Å². The zero-order chi connectivity index (χ0) is 22.2. The Kier molecular flexibility index (Phi) is 5.27. The lowest BCUT2D eigenvalue weighted by Crippen LogP contribution is -2.18. The molecular weight excluding hydrogens is 416 g/mol. The van der Waals surface area contributed by atoms with Gasteiger partial charge in [-0.2, -0.15) is 0 Å². The highest BCUT2D eigenvalue weighted by molar-refractivity contribution is 7.90. The molecule has 11 nitrogen and oxygen atoms in total. The summed E-state index contributed by atoms with van der Waals surface area (Å²) in [4.78, 5) is 33.3. The minimum Gasteiger partial charge on any atom is -0.295 e. The number of sulfone groups is 1. The number of aromatic nitrogens is 2. The molecule has 2 aromatic carbocycles. The van der Waals surface area contributed by atoms with Crippen LogP contribution in [0.15, 0.2) is 52.2 Å². The lowest BCUT2D eigenvalue weighted by Gasteiger charge is -2.06. The fraction of sp³-hybridized carbons (Fsp3) is 0.167. The predicted octanol–water partition coefficient (Wildman–Crippen LogP) is 2.48. The molecule has 1 aromatic heterocycles. The molecule has 156 valence electrons. The van der Waals surface area contributed by atoms with Gasteiger partial charge in [-0.25, -0.2) is 8.42 Å². The standard InChI is InChI=1S/C18H16N4O7S/c1-11-3-5-15(6-4-11)30(28,29)10-16-17(19-20(2)18(16)23)12-7-13(21(24)25)9-14(8-12)22(26)27/h3-9,19H,10H2,1-2H3. The number of non-ortho nitro benzene ring substituents is 2. The monoisotopic (exact) mass is 432 g/mol. The summed E-state index contributed by atoms with van der Waals surface area (Å²) < 4.78 is 26.7. The molecule has 0 amide bonds. The maximum absolute atomic E-state index is 12.8. The number of nitro groups is 2. The van der Waals surface area contributed by atoms with Crippen molar-refractivity contribution in [2.75, 3.05) is 0 Å². The Hall–Kier alpha value is -3.80. The number of rotatable bonds is 6. The number of H-pyrrole nitrogens is 1. The van der Waals surface area contributed by atoms with E-state index in [1.54, 1.807) is 19.1 Å². The van der Waals surface area contributed by atoms with Gasteiger partial charge in [-0.15, -0.1) is 0 Å². The third-order valence-electron chi connectivity index (χ3n) is 4.47. The first kappa shape index (κ1) is 20.9. The number of nitrogens with one attached hydrogen (secondary N) is 1. The Balaban J connectivity index is 2.17. The molecule has 0 aliphatic carbocycles. The third-order valence-corrected chi connectivity index (χ3v) is 6.13. The van der Waals surface area contributed by atoms with Gasteiger partial charge in [-0.1, -0.05) is 17.7 Å². The first-order valence-electron chi connectivity index (χ1n) is 8.51. The number of aromatic amines is 1. The molecule has 0 atom stereocenters. The zero-order valence-electron chi connectivity index (χ0n) is 15.9. The highest BCUT2D eigenvalue weighted by atomic mass is 32.2. The molecule has 0 radical (unpaired) electrons. The smallest absolute Gasteiger partial charge is 0.276 e. The van der Waals surface area contributed by atoms with Gasteiger partial charge in [0.15, 0.2) is 9.84 Å². The number of hydrogen-bond acceptors (Lipinski definition) is 7. The average Bonchev–Trinajstić information content (AvgIpc) is 2.96. The van der Waals surface area contributed by atoms with Crippen molar-refractivity contribution in [2.45, 2.75) is 17.6 Å². The van der Waals surface area contributed by atoms with Crippen LogP contribution in [0.1, 0.15) is 11.1 Å². The Morgan fingerprint density at radius 3 is 2.03 bits per heavy atom. The van der Waals surface area contributed by atoms with Crippen LogP contribution in [0.4, 0.5) is 11.4 Å². The molecule has 0 bridgehead atoms. The molecule has 1 heterocycles. The number of aryl methyl sites for hydroxylation is 2. The van der Waals surface area contributed by atoms with E-state index >= 15 is 0 Å². The van der Waals surface area contributed by atoms with Crippen LogP contribution in [0.25, 0.3) is 11.3 Å². The summed E-state index contributed by atoms with van der Waals surface area (Å²) in [5, 5.41) is 25.0. The highest BCUT2D eigenvalue weighted by Crippen LogP contribution is 2.31. The normalized spacial score (nSPS) is 11.4. The maximum atomic E-state index is 12.8. The molecule has 12 heteroatoms. The van der Waals surface area contributed by atoms with Crippen LogP contribution in [0, 0.1) is 27.2 Å². The van der Waals surface area contributed by atoms with Gasteiger partial charge >= 0.3 is 0 Å². The SMILES string of the molecule is Cc1ccc(S(=O)(=O)Cc2c(-c3cc([N+](=O)[O-])cc([N+](=O)[O-])c3)[nH]n(C)c2=O)cc1. The van der Waals surface area contributed by atoms with Crippen molar-refractivity contribution in [3.63, 3.8) is 0 Å². The molecule has 30 heavy (non-hydrogen) atoms. The van der Waals surface area contributed by atoms with Gasteiger partial charge in [0, 0.05) is 24.7 Å². The first-order chi connectivity index (χ1) is 14.0. The van der Waals surface area contributed by atoms with E-state index in [0.717, 1.165) is 28.4 Å². The fourth-order valence-electron chi connectivity index (χ4n) is 2.94. The van der Waals surface area contributed by atoms with E-state index in [2.05, 4.69) is 5.10 Å². The molecule has 3 aromatic rings. The Morgan fingerprint density at radius 2 is 1.53 bits per heavy atom. The molecule has 0 aliphatic heterocycles. The zero-order valence-corrected chi connectivity index (χ0v) is 16.7. The fourth-order valence-corrected chi connectivity index (χ4v) is 4.30. The second-order valence-electron chi connectivity index (χ2n) is 6.65. The number of nitrogens with zero attached hydrogens (tertiary/aromatic N) is 3. The lowest BCUT2D eigenvalue weighted by molar-refractivity contribution is -0.394. The van der Waals surface area contributed by atoms with Crippen molar-refractivity contribution in [3.8, 4) is 11.3 Å². The minimum atomic E-state index is -3.92. The summed E-state index contributed by atoms with van der Waals surface area (Å²) >= 11 is 0. The van der Waals surface area contributed by atoms with E-state index < -0.39 is 42.4 Å². The van der Waals surface area contributed by atoms with E-state index in [1.807, 2.05) is 0 Å². The Bertz CT molecular complexity index is 1290. The average molecular weight is 432 g/mol. The van der Waals surface area contributed by atoms with E-state index in [4.69, 9.17) is 0 Å². The highest BCUT2D eigenvalue weighted by Gasteiger charge is 2.25. The number of hydrogen-bond donors (Lipinski definition) is 1. The van der Waals surface area contributed by atoms with Crippen molar-refractivity contribution in [1.82, 2.24) is 9.78 Å². The van der Waals surface area contributed by atoms with Crippen molar-refractivity contribution >= 4 is 21.2 Å². The molecule has 0 fully saturated rings. The topological polar surface area (TPSA) is 158 Å². The third kappa shape index (κ3) is 3.98. The summed E-state index contributed by atoms with van der Waals surface area (Å²) in [6.07, 6.45) is 0.